The van der Waals surface area contributed by atoms with E-state index in [1.165, 1.54) is 26.1 Å². The van der Waals surface area contributed by atoms with Gasteiger partial charge in [0.2, 0.25) is 0 Å². The van der Waals surface area contributed by atoms with Crippen LogP contribution in [0.2, 0.25) is 0 Å². The van der Waals surface area contributed by atoms with E-state index in [1.807, 2.05) is 7.05 Å². The summed E-state index contributed by atoms with van der Waals surface area (Å²) in [7, 11) is 2.01. The highest BCUT2D eigenvalue weighted by atomic mass is 15.1. The highest BCUT2D eigenvalue weighted by molar-refractivity contribution is 4.60. The maximum Gasteiger partial charge on any atom is 0.0107 e. The zero-order chi connectivity index (χ0) is 9.40. The van der Waals surface area contributed by atoms with Crippen LogP contribution in [0.25, 0.3) is 0 Å². The van der Waals surface area contributed by atoms with Gasteiger partial charge in [-0.1, -0.05) is 27.2 Å². The minimum absolute atomic E-state index is 0.835. The van der Waals surface area contributed by atoms with E-state index >= 15 is 0 Å². The average Bonchev–Trinajstić information content (AvgIpc) is 2.11. The van der Waals surface area contributed by atoms with Gasteiger partial charge in [-0.2, -0.15) is 0 Å². The van der Waals surface area contributed by atoms with Gasteiger partial charge in [-0.15, -0.1) is 0 Å². The van der Waals surface area contributed by atoms with Crippen molar-refractivity contribution in [1.29, 1.82) is 0 Å². The molecule has 0 aromatic heterocycles. The van der Waals surface area contributed by atoms with Crippen LogP contribution in [0.1, 0.15) is 27.2 Å². The van der Waals surface area contributed by atoms with Crippen LogP contribution in [-0.4, -0.2) is 38.1 Å². The van der Waals surface area contributed by atoms with Gasteiger partial charge < -0.3 is 10.2 Å². The van der Waals surface area contributed by atoms with Crippen molar-refractivity contribution in [2.24, 2.45) is 5.92 Å². The molecule has 0 aliphatic rings. The lowest BCUT2D eigenvalue weighted by Crippen LogP contribution is -2.33. The minimum atomic E-state index is 0.835. The van der Waals surface area contributed by atoms with Gasteiger partial charge in [0.15, 0.2) is 0 Å². The topological polar surface area (TPSA) is 15.3 Å². The van der Waals surface area contributed by atoms with Crippen molar-refractivity contribution in [3.05, 3.63) is 0 Å². The van der Waals surface area contributed by atoms with Crippen LogP contribution < -0.4 is 5.32 Å². The molecule has 74 valence electrons. The van der Waals surface area contributed by atoms with Gasteiger partial charge in [-0.3, -0.25) is 0 Å². The fourth-order valence-electron chi connectivity index (χ4n) is 1.22. The summed E-state index contributed by atoms with van der Waals surface area (Å²) >= 11 is 0. The Labute approximate surface area is 77.3 Å². The monoisotopic (exact) mass is 172 g/mol. The molecule has 0 saturated carbocycles. The first-order valence-electron chi connectivity index (χ1n) is 5.11. The highest BCUT2D eigenvalue weighted by Crippen LogP contribution is 2.03. The fraction of sp³-hybridized carbons (Fsp3) is 1.00. The van der Waals surface area contributed by atoms with Gasteiger partial charge >= 0.3 is 0 Å². The first-order chi connectivity index (χ1) is 5.74. The molecular formula is C10H24N2. The first-order valence-corrected chi connectivity index (χ1v) is 5.11. The third-order valence-corrected chi connectivity index (χ3v) is 2.39. The fourth-order valence-corrected chi connectivity index (χ4v) is 1.22. The molecule has 0 amide bonds. The molecule has 2 nitrogen and oxygen atoms in total. The second-order valence-electron chi connectivity index (χ2n) is 3.51. The Morgan fingerprint density at radius 3 is 2.42 bits per heavy atom. The molecule has 2 heteroatoms. The molecule has 1 N–H and O–H groups in total. The molecule has 0 aromatic rings. The highest BCUT2D eigenvalue weighted by Gasteiger charge is 2.05. The second kappa shape index (κ2) is 7.56. The number of nitrogens with one attached hydrogen (secondary N) is 1. The molecule has 0 radical (unpaired) electrons. The van der Waals surface area contributed by atoms with E-state index < -0.39 is 0 Å². The summed E-state index contributed by atoms with van der Waals surface area (Å²) in [4.78, 5) is 2.50. The van der Waals surface area contributed by atoms with Gasteiger partial charge in [0.1, 0.15) is 0 Å². The van der Waals surface area contributed by atoms with Crippen LogP contribution >= 0.6 is 0 Å². The van der Waals surface area contributed by atoms with Crippen LogP contribution in [0.5, 0.6) is 0 Å². The molecule has 0 bridgehead atoms. The lowest BCUT2D eigenvalue weighted by atomic mass is 10.1. The minimum Gasteiger partial charge on any atom is -0.318 e. The predicted octanol–water partition coefficient (Wildman–Crippen LogP) is 1.57. The number of hydrogen-bond donors (Lipinski definition) is 1. The summed E-state index contributed by atoms with van der Waals surface area (Å²) in [6.07, 6.45) is 1.29. The zero-order valence-electron chi connectivity index (χ0n) is 9.06. The van der Waals surface area contributed by atoms with E-state index in [0.717, 1.165) is 12.5 Å². The Bertz CT molecular complexity index is 93.8. The van der Waals surface area contributed by atoms with Gasteiger partial charge in [0.05, 0.1) is 0 Å². The molecule has 1 atom stereocenters. The smallest absolute Gasteiger partial charge is 0.0107 e. The SMILES string of the molecule is CCC(C)CN(CC)CCNC. The van der Waals surface area contributed by atoms with Crippen LogP contribution in [0.3, 0.4) is 0 Å². The summed E-state index contributed by atoms with van der Waals surface area (Å²) < 4.78 is 0. The molecule has 0 fully saturated rings. The molecule has 0 rings (SSSR count). The average molecular weight is 172 g/mol. The van der Waals surface area contributed by atoms with E-state index in [4.69, 9.17) is 0 Å². The Morgan fingerprint density at radius 2 is 2.00 bits per heavy atom. The van der Waals surface area contributed by atoms with Gasteiger partial charge in [0, 0.05) is 19.6 Å². The summed E-state index contributed by atoms with van der Waals surface area (Å²) in [6.45, 7) is 11.5. The first kappa shape index (κ1) is 11.9. The number of likely N-dealkylation sites (N-methyl/N-ethyl adjacent to an activating group) is 2. The van der Waals surface area contributed by atoms with Crippen molar-refractivity contribution in [2.75, 3.05) is 33.2 Å². The third-order valence-electron chi connectivity index (χ3n) is 2.39. The van der Waals surface area contributed by atoms with Gasteiger partial charge in [0.25, 0.3) is 0 Å². The number of nitrogens with zero attached hydrogens (tertiary/aromatic N) is 1. The van der Waals surface area contributed by atoms with E-state index in [-0.39, 0.29) is 0 Å². The van der Waals surface area contributed by atoms with E-state index in [9.17, 15) is 0 Å². The number of rotatable bonds is 7. The number of hydrogen-bond acceptors (Lipinski definition) is 2. The molecular weight excluding hydrogens is 148 g/mol. The third kappa shape index (κ3) is 5.56. The summed E-state index contributed by atoms with van der Waals surface area (Å²) in [5.74, 6) is 0.835. The molecule has 0 saturated heterocycles. The van der Waals surface area contributed by atoms with Crippen molar-refractivity contribution < 1.29 is 0 Å². The molecule has 12 heavy (non-hydrogen) atoms. The standard InChI is InChI=1S/C10H24N2/c1-5-10(3)9-12(6-2)8-7-11-4/h10-11H,5-9H2,1-4H3. The quantitative estimate of drug-likeness (QED) is 0.627. The zero-order valence-corrected chi connectivity index (χ0v) is 9.06. The Balaban J connectivity index is 3.51. The van der Waals surface area contributed by atoms with E-state index in [0.29, 0.717) is 0 Å². The van der Waals surface area contributed by atoms with Crippen LogP contribution in [0.4, 0.5) is 0 Å². The lowest BCUT2D eigenvalue weighted by molar-refractivity contribution is 0.247. The van der Waals surface area contributed by atoms with Gasteiger partial charge in [-0.05, 0) is 19.5 Å². The second-order valence-corrected chi connectivity index (χ2v) is 3.51. The molecule has 0 aliphatic carbocycles. The Kier molecular flexibility index (Phi) is 7.51. The Hall–Kier alpha value is -0.0800. The van der Waals surface area contributed by atoms with Crippen molar-refractivity contribution >= 4 is 0 Å². The van der Waals surface area contributed by atoms with Crippen molar-refractivity contribution in [3.63, 3.8) is 0 Å². The molecule has 0 spiro atoms. The molecule has 0 aromatic carbocycles. The van der Waals surface area contributed by atoms with E-state index in [2.05, 4.69) is 31.0 Å². The normalized spacial score (nSPS) is 13.8. The largest absolute Gasteiger partial charge is 0.318 e. The maximum atomic E-state index is 3.18. The summed E-state index contributed by atoms with van der Waals surface area (Å²) in [5, 5.41) is 3.18. The van der Waals surface area contributed by atoms with Crippen LogP contribution in [0, 0.1) is 5.92 Å². The van der Waals surface area contributed by atoms with Crippen LogP contribution in [-0.2, 0) is 0 Å². The molecule has 0 aliphatic heterocycles. The van der Waals surface area contributed by atoms with Crippen molar-refractivity contribution in [2.45, 2.75) is 27.2 Å². The Morgan fingerprint density at radius 1 is 1.33 bits per heavy atom. The van der Waals surface area contributed by atoms with Gasteiger partial charge in [-0.25, -0.2) is 0 Å². The molecule has 1 unspecified atom stereocenters. The van der Waals surface area contributed by atoms with E-state index in [1.54, 1.807) is 0 Å². The van der Waals surface area contributed by atoms with Crippen LogP contribution in [0.15, 0.2) is 0 Å². The van der Waals surface area contributed by atoms with Crippen molar-refractivity contribution in [1.82, 2.24) is 10.2 Å². The predicted molar refractivity (Wildman–Crippen MR) is 55.5 cm³/mol. The summed E-state index contributed by atoms with van der Waals surface area (Å²) in [5.41, 5.74) is 0. The van der Waals surface area contributed by atoms with Crippen molar-refractivity contribution in [3.8, 4) is 0 Å². The molecule has 0 heterocycles. The lowest BCUT2D eigenvalue weighted by Gasteiger charge is -2.23. The summed E-state index contributed by atoms with van der Waals surface area (Å²) in [6, 6.07) is 0. The maximum absolute atomic E-state index is 3.18.